The lowest BCUT2D eigenvalue weighted by Crippen LogP contribution is -2.02. The quantitative estimate of drug-likeness (QED) is 0.159. The van der Waals surface area contributed by atoms with Gasteiger partial charge in [0, 0.05) is 41.8 Å². The molecule has 3 aromatic heterocycles. The second-order valence-electron chi connectivity index (χ2n) is 14.2. The van der Waals surface area contributed by atoms with Gasteiger partial charge in [-0.05, 0) is 142 Å². The van der Waals surface area contributed by atoms with Crippen LogP contribution in [0.25, 0.3) is 61.5 Å². The molecule has 0 bridgehead atoms. The molecule has 1 unspecified atom stereocenters. The molecule has 54 heavy (non-hydrogen) atoms. The van der Waals surface area contributed by atoms with Crippen LogP contribution < -0.4 is 0 Å². The van der Waals surface area contributed by atoms with Crippen molar-refractivity contribution in [1.29, 1.82) is 0 Å². The second-order valence-corrected chi connectivity index (χ2v) is 14.2. The lowest BCUT2D eigenvalue weighted by molar-refractivity contribution is 0.845. The Balaban J connectivity index is 1.12. The SMILES string of the molecule is C1=CC(C2=CC(c3cc(-c4ccc(-c5cc(-c6ccncc6)nc(-c6ccncc6)c5)cc4)cc(-c4cccc(C5=CCCC=C5)c4)c3)CC=C2)=CCC1. The largest absolute Gasteiger partial charge is 0.265 e. The van der Waals surface area contributed by atoms with E-state index in [9.17, 15) is 0 Å². The lowest BCUT2D eigenvalue weighted by atomic mass is 9.83. The van der Waals surface area contributed by atoms with E-state index in [1.807, 2.05) is 49.1 Å². The van der Waals surface area contributed by atoms with Gasteiger partial charge in [0.25, 0.3) is 0 Å². The second kappa shape index (κ2) is 15.3. The Hall–Kier alpha value is -6.45. The molecule has 0 amide bonds. The zero-order valence-electron chi connectivity index (χ0n) is 30.3. The van der Waals surface area contributed by atoms with Crippen LogP contribution in [0, 0.1) is 0 Å². The molecule has 3 heterocycles. The van der Waals surface area contributed by atoms with Crippen LogP contribution in [0.3, 0.4) is 0 Å². The maximum Gasteiger partial charge on any atom is 0.0716 e. The molecule has 3 aliphatic carbocycles. The third-order valence-corrected chi connectivity index (χ3v) is 10.6. The molecule has 0 N–H and O–H groups in total. The molecule has 0 fully saturated rings. The molecule has 9 rings (SSSR count). The van der Waals surface area contributed by atoms with Crippen molar-refractivity contribution >= 4 is 5.57 Å². The van der Waals surface area contributed by atoms with Gasteiger partial charge in [-0.3, -0.25) is 9.97 Å². The number of aromatic nitrogens is 3. The molecule has 0 saturated carbocycles. The number of hydrogen-bond acceptors (Lipinski definition) is 3. The lowest BCUT2D eigenvalue weighted by Gasteiger charge is -2.21. The van der Waals surface area contributed by atoms with Gasteiger partial charge in [0.2, 0.25) is 0 Å². The standard InChI is InChI=1S/C51H41N3/c1-3-9-36(10-4-1)42-13-7-15-44(29-42)47-31-46(32-48(33-47)45-16-8-14-43(30-45)37-11-5-2-6-12-37)38-17-19-39(20-18-38)49-34-50(40-21-25-52-26-22-40)54-51(35-49)41-23-27-53-28-24-41/h3,5,7-15,17-35,45H,1-2,4,6,16H2. The molecular weight excluding hydrogens is 655 g/mol. The molecule has 3 aliphatic rings. The van der Waals surface area contributed by atoms with E-state index in [4.69, 9.17) is 4.98 Å². The van der Waals surface area contributed by atoms with Crippen molar-refractivity contribution < 1.29 is 0 Å². The molecule has 3 heteroatoms. The maximum atomic E-state index is 5.05. The molecule has 0 radical (unpaired) electrons. The zero-order chi connectivity index (χ0) is 36.1. The topological polar surface area (TPSA) is 38.7 Å². The highest BCUT2D eigenvalue weighted by Gasteiger charge is 2.18. The Morgan fingerprint density at radius 1 is 0.407 bits per heavy atom. The van der Waals surface area contributed by atoms with Crippen molar-refractivity contribution in [2.45, 2.75) is 38.0 Å². The van der Waals surface area contributed by atoms with Gasteiger partial charge in [-0.1, -0.05) is 109 Å². The first-order chi connectivity index (χ1) is 26.7. The van der Waals surface area contributed by atoms with Crippen LogP contribution in [-0.4, -0.2) is 15.0 Å². The summed E-state index contributed by atoms with van der Waals surface area (Å²) in [6.45, 7) is 0. The predicted octanol–water partition coefficient (Wildman–Crippen LogP) is 13.2. The van der Waals surface area contributed by atoms with Crippen molar-refractivity contribution in [2.24, 2.45) is 0 Å². The first-order valence-corrected chi connectivity index (χ1v) is 19.1. The number of nitrogens with zero attached hydrogens (tertiary/aromatic N) is 3. The minimum absolute atomic E-state index is 0.293. The first-order valence-electron chi connectivity index (χ1n) is 19.1. The van der Waals surface area contributed by atoms with Gasteiger partial charge < -0.3 is 0 Å². The number of pyridine rings is 3. The molecule has 3 nitrogen and oxygen atoms in total. The molecule has 6 aromatic rings. The summed E-state index contributed by atoms with van der Waals surface area (Å²) in [6, 6.07) is 37.7. The fourth-order valence-corrected chi connectivity index (χ4v) is 7.73. The molecule has 1 atom stereocenters. The monoisotopic (exact) mass is 695 g/mol. The first kappa shape index (κ1) is 33.4. The van der Waals surface area contributed by atoms with Gasteiger partial charge in [-0.2, -0.15) is 0 Å². The van der Waals surface area contributed by atoms with Crippen molar-refractivity contribution in [3.8, 4) is 55.9 Å². The van der Waals surface area contributed by atoms with Crippen molar-refractivity contribution in [3.63, 3.8) is 0 Å². The van der Waals surface area contributed by atoms with Gasteiger partial charge in [-0.15, -0.1) is 0 Å². The van der Waals surface area contributed by atoms with Crippen LogP contribution in [0.4, 0.5) is 0 Å². The van der Waals surface area contributed by atoms with Crippen LogP contribution >= 0.6 is 0 Å². The Morgan fingerprint density at radius 2 is 0.944 bits per heavy atom. The van der Waals surface area contributed by atoms with Crippen LogP contribution in [0.2, 0.25) is 0 Å². The van der Waals surface area contributed by atoms with Crippen molar-refractivity contribution in [3.05, 3.63) is 205 Å². The van der Waals surface area contributed by atoms with Crippen LogP contribution in [0.5, 0.6) is 0 Å². The predicted molar refractivity (Wildman–Crippen MR) is 224 cm³/mol. The summed E-state index contributed by atoms with van der Waals surface area (Å²) in [4.78, 5) is 13.5. The van der Waals surface area contributed by atoms with E-state index >= 15 is 0 Å². The van der Waals surface area contributed by atoms with Crippen LogP contribution in [0.1, 0.15) is 49.1 Å². The van der Waals surface area contributed by atoms with E-state index in [0.29, 0.717) is 5.92 Å². The third-order valence-electron chi connectivity index (χ3n) is 10.6. The highest BCUT2D eigenvalue weighted by Crippen LogP contribution is 2.38. The Kier molecular flexibility index (Phi) is 9.44. The summed E-state index contributed by atoms with van der Waals surface area (Å²) >= 11 is 0. The summed E-state index contributed by atoms with van der Waals surface area (Å²) in [7, 11) is 0. The number of benzene rings is 3. The fraction of sp³-hybridized carbons (Fsp3) is 0.118. The average Bonchev–Trinajstić information content (AvgIpc) is 3.27. The van der Waals surface area contributed by atoms with Crippen LogP contribution in [-0.2, 0) is 0 Å². The van der Waals surface area contributed by atoms with Gasteiger partial charge >= 0.3 is 0 Å². The summed E-state index contributed by atoms with van der Waals surface area (Å²) in [5.41, 5.74) is 17.7. The average molecular weight is 696 g/mol. The molecule has 0 aliphatic heterocycles. The Labute approximate surface area is 318 Å². The minimum Gasteiger partial charge on any atom is -0.265 e. The van der Waals surface area contributed by atoms with E-state index in [1.54, 1.807) is 0 Å². The van der Waals surface area contributed by atoms with E-state index in [2.05, 4.69) is 144 Å². The van der Waals surface area contributed by atoms with E-state index in [1.165, 1.54) is 50.1 Å². The van der Waals surface area contributed by atoms with E-state index < -0.39 is 0 Å². The normalized spacial score (nSPS) is 16.4. The van der Waals surface area contributed by atoms with Gasteiger partial charge in [0.1, 0.15) is 0 Å². The Bertz CT molecular complexity index is 2440. The van der Waals surface area contributed by atoms with E-state index in [-0.39, 0.29) is 0 Å². The Morgan fingerprint density at radius 3 is 1.56 bits per heavy atom. The number of rotatable bonds is 8. The van der Waals surface area contributed by atoms with Crippen molar-refractivity contribution in [1.82, 2.24) is 15.0 Å². The van der Waals surface area contributed by atoms with Crippen LogP contribution in [0.15, 0.2) is 194 Å². The molecule has 3 aromatic carbocycles. The molecule has 0 spiro atoms. The highest BCUT2D eigenvalue weighted by molar-refractivity contribution is 5.82. The molecular formula is C51H41N3. The van der Waals surface area contributed by atoms with Gasteiger partial charge in [0.05, 0.1) is 11.4 Å². The number of allylic oxidation sites excluding steroid dienone is 12. The fourth-order valence-electron chi connectivity index (χ4n) is 7.73. The van der Waals surface area contributed by atoms with E-state index in [0.717, 1.165) is 65.7 Å². The minimum atomic E-state index is 0.293. The molecule has 260 valence electrons. The summed E-state index contributed by atoms with van der Waals surface area (Å²) in [6.07, 6.45) is 33.7. The summed E-state index contributed by atoms with van der Waals surface area (Å²) in [5.74, 6) is 0.293. The summed E-state index contributed by atoms with van der Waals surface area (Å²) in [5, 5.41) is 0. The van der Waals surface area contributed by atoms with Gasteiger partial charge in [-0.25, -0.2) is 4.98 Å². The number of hydrogen-bond donors (Lipinski definition) is 0. The molecule has 0 saturated heterocycles. The highest BCUT2D eigenvalue weighted by atomic mass is 14.7. The van der Waals surface area contributed by atoms with Crippen molar-refractivity contribution in [2.75, 3.05) is 0 Å². The maximum absolute atomic E-state index is 5.05. The zero-order valence-corrected chi connectivity index (χ0v) is 30.3. The smallest absolute Gasteiger partial charge is 0.0716 e. The third kappa shape index (κ3) is 7.27. The summed E-state index contributed by atoms with van der Waals surface area (Å²) < 4.78 is 0. The van der Waals surface area contributed by atoms with Gasteiger partial charge in [0.15, 0.2) is 0 Å².